The van der Waals surface area contributed by atoms with Crippen LogP contribution in [-0.4, -0.2) is 48.1 Å². The Labute approximate surface area is 200 Å². The number of benzene rings is 1. The average Bonchev–Trinajstić information content (AvgIpc) is 3.48. The van der Waals surface area contributed by atoms with Gasteiger partial charge in [0.15, 0.2) is 11.6 Å². The van der Waals surface area contributed by atoms with E-state index < -0.39 is 5.82 Å². The van der Waals surface area contributed by atoms with Gasteiger partial charge in [0, 0.05) is 36.3 Å². The Kier molecular flexibility index (Phi) is 5.54. The molecule has 0 bridgehead atoms. The Morgan fingerprint density at radius 1 is 0.943 bits per heavy atom. The van der Waals surface area contributed by atoms with E-state index in [-0.39, 0.29) is 17.2 Å². The van der Waals surface area contributed by atoms with E-state index in [2.05, 4.69) is 35.0 Å². The number of rotatable bonds is 5. The van der Waals surface area contributed by atoms with E-state index in [0.717, 1.165) is 25.2 Å². The van der Waals surface area contributed by atoms with Gasteiger partial charge in [0.25, 0.3) is 0 Å². The fourth-order valence-corrected chi connectivity index (χ4v) is 4.66. The van der Waals surface area contributed by atoms with E-state index in [9.17, 15) is 4.39 Å². The third-order valence-corrected chi connectivity index (χ3v) is 6.37. The number of nitrogens with zero attached hydrogens (tertiary/aromatic N) is 5. The molecule has 1 aliphatic heterocycles. The topological polar surface area (TPSA) is 86.4 Å². The zero-order chi connectivity index (χ0) is 23.8. The van der Waals surface area contributed by atoms with Crippen LogP contribution in [0.4, 0.5) is 8.78 Å². The summed E-state index contributed by atoms with van der Waals surface area (Å²) in [6.45, 7) is 2.94. The molecule has 0 saturated carbocycles. The number of imidazole rings is 1. The molecule has 1 saturated heterocycles. The normalized spacial score (nSPS) is 14.6. The molecule has 0 amide bonds. The molecule has 9 heteroatoms. The fraction of sp³-hybridized carbons (Fsp3) is 0.231. The van der Waals surface area contributed by atoms with E-state index in [4.69, 9.17) is 0 Å². The van der Waals surface area contributed by atoms with Crippen molar-refractivity contribution in [3.63, 3.8) is 0 Å². The smallest absolute Gasteiger partial charge is 0.180 e. The van der Waals surface area contributed by atoms with Crippen molar-refractivity contribution < 1.29 is 8.78 Å². The minimum absolute atomic E-state index is 0.142. The number of H-pyrrole nitrogens is 2. The summed E-state index contributed by atoms with van der Waals surface area (Å²) < 4.78 is 29.3. The second-order valence-corrected chi connectivity index (χ2v) is 8.83. The minimum atomic E-state index is -0.513. The van der Waals surface area contributed by atoms with Crippen LogP contribution in [0.1, 0.15) is 24.8 Å². The van der Waals surface area contributed by atoms with Crippen molar-refractivity contribution in [1.82, 2.24) is 35.0 Å². The molecule has 0 atom stereocenters. The monoisotopic (exact) mass is 471 g/mol. The van der Waals surface area contributed by atoms with E-state index in [1.807, 2.05) is 12.3 Å². The number of halogens is 2. The summed E-state index contributed by atoms with van der Waals surface area (Å²) in [5.74, 6) is -0.585. The Hall–Kier alpha value is -3.98. The van der Waals surface area contributed by atoms with Gasteiger partial charge in [0.1, 0.15) is 22.7 Å². The van der Waals surface area contributed by atoms with Gasteiger partial charge < -0.3 is 4.98 Å². The molecule has 6 rings (SSSR count). The number of aromatic amines is 2. The number of piperidine rings is 1. The summed E-state index contributed by atoms with van der Waals surface area (Å²) in [7, 11) is 0. The van der Waals surface area contributed by atoms with Crippen LogP contribution in [0.5, 0.6) is 0 Å². The molecule has 1 aliphatic rings. The first-order valence-electron chi connectivity index (χ1n) is 11.7. The number of aromatic nitrogens is 6. The van der Waals surface area contributed by atoms with Gasteiger partial charge in [0.2, 0.25) is 0 Å². The summed E-state index contributed by atoms with van der Waals surface area (Å²) >= 11 is 0. The predicted octanol–water partition coefficient (Wildman–Crippen LogP) is 5.34. The van der Waals surface area contributed by atoms with Crippen molar-refractivity contribution in [2.45, 2.75) is 25.8 Å². The molecule has 0 spiro atoms. The van der Waals surface area contributed by atoms with E-state index in [1.54, 1.807) is 30.6 Å². The molecular formula is C26H23F2N7. The minimum Gasteiger partial charge on any atom is -0.336 e. The molecule has 35 heavy (non-hydrogen) atoms. The van der Waals surface area contributed by atoms with E-state index >= 15 is 4.39 Å². The van der Waals surface area contributed by atoms with Gasteiger partial charge in [-0.2, -0.15) is 5.10 Å². The first kappa shape index (κ1) is 21.5. The molecule has 0 aliphatic carbocycles. The lowest BCUT2D eigenvalue weighted by molar-refractivity contribution is 0.220. The molecular weight excluding hydrogens is 448 g/mol. The number of pyridine rings is 2. The number of fused-ring (bicyclic) bond motifs is 1. The number of hydrogen-bond acceptors (Lipinski definition) is 5. The third-order valence-electron chi connectivity index (χ3n) is 6.37. The molecule has 2 N–H and O–H groups in total. The first-order valence-corrected chi connectivity index (χ1v) is 11.7. The number of nitrogens with one attached hydrogen (secondary N) is 2. The molecule has 5 aromatic rings. The maximum Gasteiger partial charge on any atom is 0.180 e. The lowest BCUT2D eigenvalue weighted by Gasteiger charge is -2.26. The van der Waals surface area contributed by atoms with Crippen LogP contribution >= 0.6 is 0 Å². The zero-order valence-corrected chi connectivity index (χ0v) is 18.9. The largest absolute Gasteiger partial charge is 0.336 e. The van der Waals surface area contributed by atoms with Gasteiger partial charge in [0.05, 0.1) is 11.2 Å². The fourth-order valence-electron chi connectivity index (χ4n) is 4.66. The van der Waals surface area contributed by atoms with Crippen LogP contribution in [-0.2, 0) is 6.54 Å². The highest BCUT2D eigenvalue weighted by Gasteiger charge is 2.21. The second-order valence-electron chi connectivity index (χ2n) is 8.83. The van der Waals surface area contributed by atoms with Crippen molar-refractivity contribution in [2.75, 3.05) is 13.1 Å². The van der Waals surface area contributed by atoms with Crippen molar-refractivity contribution in [3.8, 4) is 34.0 Å². The molecule has 176 valence electrons. The maximum atomic E-state index is 15.5. The average molecular weight is 472 g/mol. The molecule has 5 heterocycles. The SMILES string of the molecule is Fc1cccc(-c2nccc3[nH]c(-c4[nH]nc(-c5cncc(CN6CCCCC6)c5)c4F)nc23)c1. The van der Waals surface area contributed by atoms with Gasteiger partial charge in [-0.05, 0) is 55.8 Å². The van der Waals surface area contributed by atoms with Crippen LogP contribution < -0.4 is 0 Å². The lowest BCUT2D eigenvalue weighted by Crippen LogP contribution is -2.29. The van der Waals surface area contributed by atoms with Crippen LogP contribution in [0.2, 0.25) is 0 Å². The first-order chi connectivity index (χ1) is 17.2. The van der Waals surface area contributed by atoms with Crippen LogP contribution in [0.25, 0.3) is 45.1 Å². The molecule has 7 nitrogen and oxygen atoms in total. The van der Waals surface area contributed by atoms with E-state index in [1.165, 1.54) is 31.4 Å². The Bertz CT molecular complexity index is 1500. The van der Waals surface area contributed by atoms with Crippen molar-refractivity contribution in [1.29, 1.82) is 0 Å². The third kappa shape index (κ3) is 4.19. The zero-order valence-electron chi connectivity index (χ0n) is 18.9. The molecule has 4 aromatic heterocycles. The van der Waals surface area contributed by atoms with Gasteiger partial charge in [-0.15, -0.1) is 0 Å². The van der Waals surface area contributed by atoms with Crippen LogP contribution in [0.3, 0.4) is 0 Å². The Morgan fingerprint density at radius 3 is 2.69 bits per heavy atom. The highest BCUT2D eigenvalue weighted by Crippen LogP contribution is 2.31. The maximum absolute atomic E-state index is 15.5. The quantitative estimate of drug-likeness (QED) is 0.361. The summed E-state index contributed by atoms with van der Waals surface area (Å²) in [4.78, 5) is 18.8. The highest BCUT2D eigenvalue weighted by atomic mass is 19.1. The van der Waals surface area contributed by atoms with E-state index in [0.29, 0.717) is 33.7 Å². The van der Waals surface area contributed by atoms with Crippen LogP contribution in [0, 0.1) is 11.6 Å². The summed E-state index contributed by atoms with van der Waals surface area (Å²) in [6, 6.07) is 9.84. The van der Waals surface area contributed by atoms with Crippen molar-refractivity contribution in [2.24, 2.45) is 0 Å². The Balaban J connectivity index is 1.33. The summed E-state index contributed by atoms with van der Waals surface area (Å²) in [5.41, 5.74) is 4.26. The second kappa shape index (κ2) is 8.99. The number of hydrogen-bond donors (Lipinski definition) is 2. The van der Waals surface area contributed by atoms with Gasteiger partial charge >= 0.3 is 0 Å². The molecule has 1 aromatic carbocycles. The molecule has 0 unspecified atom stereocenters. The van der Waals surface area contributed by atoms with Crippen LogP contribution in [0.15, 0.2) is 55.0 Å². The molecule has 1 fully saturated rings. The van der Waals surface area contributed by atoms with Gasteiger partial charge in [-0.25, -0.2) is 13.8 Å². The standard InChI is InChI=1S/C26H23F2N7/c27-19-6-4-5-17(12-19)23-24-20(7-8-30-23)31-26(32-24)25-21(28)22(33-34-25)18-11-16(13-29-14-18)15-35-9-2-1-3-10-35/h4-8,11-14H,1-3,9-10,15H2,(H,31,32)(H,33,34). The lowest BCUT2D eigenvalue weighted by atomic mass is 10.1. The summed E-state index contributed by atoms with van der Waals surface area (Å²) in [6.07, 6.45) is 8.74. The van der Waals surface area contributed by atoms with Gasteiger partial charge in [-0.3, -0.25) is 20.0 Å². The predicted molar refractivity (Wildman–Crippen MR) is 129 cm³/mol. The van der Waals surface area contributed by atoms with Crippen molar-refractivity contribution >= 4 is 11.0 Å². The van der Waals surface area contributed by atoms with Gasteiger partial charge in [-0.1, -0.05) is 18.6 Å². The van der Waals surface area contributed by atoms with Crippen molar-refractivity contribution in [3.05, 3.63) is 72.2 Å². The highest BCUT2D eigenvalue weighted by molar-refractivity contribution is 5.91. The molecule has 0 radical (unpaired) electrons. The summed E-state index contributed by atoms with van der Waals surface area (Å²) in [5, 5.41) is 7.02. The number of likely N-dealkylation sites (tertiary alicyclic amines) is 1. The Morgan fingerprint density at radius 2 is 1.83 bits per heavy atom.